The first-order valence-corrected chi connectivity index (χ1v) is 9.77. The van der Waals surface area contributed by atoms with Gasteiger partial charge in [-0.2, -0.15) is 0 Å². The molecule has 0 radical (unpaired) electrons. The van der Waals surface area contributed by atoms with Gasteiger partial charge in [-0.05, 0) is 73.9 Å². The molecule has 0 aliphatic rings. The lowest BCUT2D eigenvalue weighted by Gasteiger charge is -1.98. The number of aromatic hydroxyl groups is 4. The first-order valence-electron chi connectivity index (χ1n) is 9.77. The standard InChI is InChI=1S/C11H12O2.C8H8O2.C7H6O3/c1-8-3-5-10(7-11(8)13)6-4-9(2)12;1-6-2-3-7(5-9)4-8(6)10;8-4-5-1-2-6(9)7(10)3-5/h3-7,13H,1-2H3;2-5,10H,1H3;1-4,9-10H/b6-4+;;. The molecular weight excluding hydrogens is 424 g/mol. The van der Waals surface area contributed by atoms with E-state index >= 15 is 0 Å². The van der Waals surface area contributed by atoms with Crippen LogP contribution in [0.5, 0.6) is 23.0 Å². The zero-order valence-electron chi connectivity index (χ0n) is 18.5. The smallest absolute Gasteiger partial charge is 0.158 e. The topological polar surface area (TPSA) is 132 Å². The van der Waals surface area contributed by atoms with Crippen LogP contribution in [-0.2, 0) is 4.79 Å². The number of phenols is 4. The van der Waals surface area contributed by atoms with E-state index in [0.29, 0.717) is 23.7 Å². The lowest BCUT2D eigenvalue weighted by atomic mass is 10.1. The monoisotopic (exact) mass is 450 g/mol. The van der Waals surface area contributed by atoms with Crippen LogP contribution < -0.4 is 0 Å². The Morgan fingerprint density at radius 2 is 1.06 bits per heavy atom. The fraction of sp³-hybridized carbons (Fsp3) is 0.115. The molecule has 0 bridgehead atoms. The number of carbonyl (C=O) groups excluding carboxylic acids is 3. The van der Waals surface area contributed by atoms with Gasteiger partial charge in [0.2, 0.25) is 0 Å². The summed E-state index contributed by atoms with van der Waals surface area (Å²) in [6, 6.07) is 14.0. The molecular formula is C26H26O7. The van der Waals surface area contributed by atoms with Crippen LogP contribution in [0.25, 0.3) is 6.08 Å². The zero-order chi connectivity index (χ0) is 25.0. The van der Waals surface area contributed by atoms with Crippen LogP contribution >= 0.6 is 0 Å². The number of hydrogen-bond acceptors (Lipinski definition) is 7. The van der Waals surface area contributed by atoms with Crippen LogP contribution in [0.3, 0.4) is 0 Å². The molecule has 3 aromatic rings. The Hall–Kier alpha value is -4.39. The van der Waals surface area contributed by atoms with Gasteiger partial charge in [0.25, 0.3) is 0 Å². The van der Waals surface area contributed by atoms with Gasteiger partial charge in [0, 0.05) is 11.1 Å². The molecule has 3 rings (SSSR count). The highest BCUT2D eigenvalue weighted by Crippen LogP contribution is 2.23. The number of carbonyl (C=O) groups is 3. The number of ketones is 1. The Kier molecular flexibility index (Phi) is 10.6. The Balaban J connectivity index is 0.000000251. The van der Waals surface area contributed by atoms with Gasteiger partial charge in [0.05, 0.1) is 0 Å². The molecule has 0 spiro atoms. The van der Waals surface area contributed by atoms with Gasteiger partial charge in [0.15, 0.2) is 17.3 Å². The van der Waals surface area contributed by atoms with Gasteiger partial charge in [0.1, 0.15) is 24.1 Å². The molecule has 0 unspecified atom stereocenters. The number of aryl methyl sites for hydroxylation is 2. The van der Waals surface area contributed by atoms with Crippen LogP contribution in [0.15, 0.2) is 60.7 Å². The summed E-state index contributed by atoms with van der Waals surface area (Å²) in [5, 5.41) is 36.0. The summed E-state index contributed by atoms with van der Waals surface area (Å²) in [5.74, 6) is -0.0643. The number of phenolic OH excluding ortho intramolecular Hbond substituents is 4. The van der Waals surface area contributed by atoms with Crippen molar-refractivity contribution >= 4 is 24.4 Å². The molecule has 3 aromatic carbocycles. The largest absolute Gasteiger partial charge is 0.508 e. The Morgan fingerprint density at radius 3 is 1.48 bits per heavy atom. The minimum atomic E-state index is -0.274. The highest BCUT2D eigenvalue weighted by molar-refractivity contribution is 5.91. The average Bonchev–Trinajstić information content (AvgIpc) is 2.79. The fourth-order valence-electron chi connectivity index (χ4n) is 2.26. The van der Waals surface area contributed by atoms with Gasteiger partial charge in [-0.25, -0.2) is 0 Å². The van der Waals surface area contributed by atoms with Crippen LogP contribution in [0.2, 0.25) is 0 Å². The van der Waals surface area contributed by atoms with Gasteiger partial charge in [-0.1, -0.05) is 30.3 Å². The molecule has 0 amide bonds. The van der Waals surface area contributed by atoms with E-state index in [2.05, 4.69) is 0 Å². The second-order valence-electron chi connectivity index (χ2n) is 7.02. The lowest BCUT2D eigenvalue weighted by Crippen LogP contribution is -1.81. The maximum absolute atomic E-state index is 10.6. The maximum Gasteiger partial charge on any atom is 0.158 e. The third-order valence-electron chi connectivity index (χ3n) is 4.25. The number of allylic oxidation sites excluding steroid dienone is 1. The summed E-state index contributed by atoms with van der Waals surface area (Å²) >= 11 is 0. The van der Waals surface area contributed by atoms with Gasteiger partial charge >= 0.3 is 0 Å². The maximum atomic E-state index is 10.6. The van der Waals surface area contributed by atoms with E-state index in [0.717, 1.165) is 16.7 Å². The summed E-state index contributed by atoms with van der Waals surface area (Å²) in [6.45, 7) is 5.10. The van der Waals surface area contributed by atoms with E-state index < -0.39 is 0 Å². The molecule has 33 heavy (non-hydrogen) atoms. The average molecular weight is 450 g/mol. The normalized spacial score (nSPS) is 9.79. The molecule has 0 heterocycles. The predicted molar refractivity (Wildman–Crippen MR) is 126 cm³/mol. The predicted octanol–water partition coefficient (Wildman–Crippen LogP) is 4.73. The number of aldehydes is 2. The summed E-state index contributed by atoms with van der Waals surface area (Å²) < 4.78 is 0. The van der Waals surface area contributed by atoms with Crippen molar-refractivity contribution in [3.8, 4) is 23.0 Å². The van der Waals surface area contributed by atoms with E-state index in [9.17, 15) is 19.5 Å². The molecule has 0 aliphatic heterocycles. The van der Waals surface area contributed by atoms with E-state index in [1.54, 1.807) is 31.2 Å². The fourth-order valence-corrected chi connectivity index (χ4v) is 2.26. The first kappa shape index (κ1) is 26.6. The van der Waals surface area contributed by atoms with Gasteiger partial charge in [-0.3, -0.25) is 14.4 Å². The quantitative estimate of drug-likeness (QED) is 0.257. The summed E-state index contributed by atoms with van der Waals surface area (Å²) in [4.78, 5) is 30.9. The van der Waals surface area contributed by atoms with Crippen molar-refractivity contribution in [2.45, 2.75) is 20.8 Å². The molecule has 172 valence electrons. The highest BCUT2D eigenvalue weighted by Gasteiger charge is 1.98. The summed E-state index contributed by atoms with van der Waals surface area (Å²) in [6.07, 6.45) is 4.46. The van der Waals surface area contributed by atoms with Crippen LogP contribution in [0.1, 0.15) is 44.3 Å². The van der Waals surface area contributed by atoms with Crippen LogP contribution in [0, 0.1) is 13.8 Å². The minimum Gasteiger partial charge on any atom is -0.508 e. The number of rotatable bonds is 4. The Bertz CT molecular complexity index is 1090. The van der Waals surface area contributed by atoms with E-state index in [4.69, 9.17) is 15.3 Å². The van der Waals surface area contributed by atoms with Crippen LogP contribution in [0.4, 0.5) is 0 Å². The second-order valence-corrected chi connectivity index (χ2v) is 7.02. The van der Waals surface area contributed by atoms with E-state index in [1.807, 2.05) is 19.1 Å². The number of benzene rings is 3. The van der Waals surface area contributed by atoms with Crippen molar-refractivity contribution in [3.63, 3.8) is 0 Å². The van der Waals surface area contributed by atoms with Crippen molar-refractivity contribution in [1.29, 1.82) is 0 Å². The van der Waals surface area contributed by atoms with Crippen molar-refractivity contribution in [1.82, 2.24) is 0 Å². The highest BCUT2D eigenvalue weighted by atomic mass is 16.3. The van der Waals surface area contributed by atoms with Gasteiger partial charge in [-0.15, -0.1) is 0 Å². The minimum absolute atomic E-state index is 0.0000600. The van der Waals surface area contributed by atoms with Crippen molar-refractivity contribution in [2.24, 2.45) is 0 Å². The van der Waals surface area contributed by atoms with Gasteiger partial charge < -0.3 is 20.4 Å². The Labute approximate surface area is 191 Å². The third-order valence-corrected chi connectivity index (χ3v) is 4.25. The Morgan fingerprint density at radius 1 is 0.636 bits per heavy atom. The second kappa shape index (κ2) is 13.1. The molecule has 0 saturated heterocycles. The van der Waals surface area contributed by atoms with Crippen molar-refractivity contribution < 1.29 is 34.8 Å². The van der Waals surface area contributed by atoms with E-state index in [-0.39, 0.29) is 28.8 Å². The molecule has 0 fully saturated rings. The molecule has 4 N–H and O–H groups in total. The first-order chi connectivity index (χ1) is 15.6. The molecule has 7 heteroatoms. The van der Waals surface area contributed by atoms with Crippen LogP contribution in [-0.4, -0.2) is 38.8 Å². The molecule has 0 atom stereocenters. The zero-order valence-corrected chi connectivity index (χ0v) is 18.5. The number of hydrogen-bond donors (Lipinski definition) is 4. The van der Waals surface area contributed by atoms with Crippen molar-refractivity contribution in [3.05, 3.63) is 88.5 Å². The lowest BCUT2D eigenvalue weighted by molar-refractivity contribution is -0.112. The van der Waals surface area contributed by atoms with Crippen molar-refractivity contribution in [2.75, 3.05) is 0 Å². The molecule has 0 saturated carbocycles. The third kappa shape index (κ3) is 9.52. The van der Waals surface area contributed by atoms with E-state index in [1.165, 1.54) is 37.3 Å². The summed E-state index contributed by atoms with van der Waals surface area (Å²) in [5.41, 5.74) is 3.29. The molecule has 0 aliphatic carbocycles. The molecule has 0 aromatic heterocycles. The molecule has 7 nitrogen and oxygen atoms in total. The summed E-state index contributed by atoms with van der Waals surface area (Å²) in [7, 11) is 0. The SMILES string of the molecule is CC(=O)/C=C/c1ccc(C)c(O)c1.Cc1ccc(C=O)cc1O.O=Cc1ccc(O)c(O)c1.